The van der Waals surface area contributed by atoms with Crippen LogP contribution in [0.5, 0.6) is 0 Å². The number of nitrogens with one attached hydrogen (secondary N) is 1. The average molecular weight is 299 g/mol. The first-order chi connectivity index (χ1) is 10.7. The Morgan fingerprint density at radius 3 is 2.50 bits per heavy atom. The number of likely N-dealkylation sites (tertiary alicyclic amines) is 1. The number of carbonyl (C=O) groups excluding carboxylic acids is 3. The summed E-state index contributed by atoms with van der Waals surface area (Å²) in [4.78, 5) is 40.3. The zero-order valence-corrected chi connectivity index (χ0v) is 12.1. The maximum absolute atomic E-state index is 12.8. The minimum atomic E-state index is -0.564. The lowest BCUT2D eigenvalue weighted by Crippen LogP contribution is -2.65. The number of hydrogen-bond acceptors (Lipinski definition) is 3. The number of anilines is 1. The molecule has 2 aliphatic heterocycles. The van der Waals surface area contributed by atoms with Gasteiger partial charge in [-0.1, -0.05) is 18.2 Å². The second-order valence-electron chi connectivity index (χ2n) is 6.10. The van der Waals surface area contributed by atoms with Crippen molar-refractivity contribution in [2.24, 2.45) is 5.92 Å². The van der Waals surface area contributed by atoms with Crippen molar-refractivity contribution in [3.8, 4) is 0 Å². The van der Waals surface area contributed by atoms with Crippen molar-refractivity contribution in [1.29, 1.82) is 0 Å². The number of imide groups is 1. The van der Waals surface area contributed by atoms with E-state index in [0.717, 1.165) is 17.7 Å². The Morgan fingerprint density at radius 1 is 1.09 bits per heavy atom. The van der Waals surface area contributed by atoms with Crippen LogP contribution < -0.4 is 10.2 Å². The Labute approximate surface area is 128 Å². The van der Waals surface area contributed by atoms with Crippen LogP contribution in [0.4, 0.5) is 10.5 Å². The molecule has 1 aliphatic carbocycles. The zero-order chi connectivity index (χ0) is 15.3. The molecule has 1 aromatic rings. The molecule has 0 aromatic heterocycles. The van der Waals surface area contributed by atoms with E-state index < -0.39 is 12.1 Å². The molecule has 0 radical (unpaired) electrons. The highest BCUT2D eigenvalue weighted by atomic mass is 16.2. The van der Waals surface area contributed by atoms with Gasteiger partial charge in [-0.3, -0.25) is 9.59 Å². The van der Waals surface area contributed by atoms with E-state index in [1.54, 1.807) is 29.2 Å². The lowest BCUT2D eigenvalue weighted by Gasteiger charge is -2.36. The third-order valence-corrected chi connectivity index (χ3v) is 4.61. The number of fused-ring (bicyclic) bond motifs is 1. The summed E-state index contributed by atoms with van der Waals surface area (Å²) in [5.74, 6) is -0.161. The Kier molecular flexibility index (Phi) is 2.92. The van der Waals surface area contributed by atoms with Gasteiger partial charge in [0.05, 0.1) is 11.7 Å². The largest absolute Gasteiger partial charge is 0.332 e. The minimum absolute atomic E-state index is 0.0602. The molecule has 1 aromatic carbocycles. The summed E-state index contributed by atoms with van der Waals surface area (Å²) in [5.41, 5.74) is 0.536. The van der Waals surface area contributed by atoms with E-state index >= 15 is 0 Å². The Balaban J connectivity index is 1.65. The van der Waals surface area contributed by atoms with Crippen LogP contribution in [-0.4, -0.2) is 41.4 Å². The van der Waals surface area contributed by atoms with Gasteiger partial charge in [-0.15, -0.1) is 0 Å². The third-order valence-electron chi connectivity index (χ3n) is 4.61. The maximum atomic E-state index is 12.8. The number of nitrogens with zero attached hydrogens (tertiary/aromatic N) is 2. The van der Waals surface area contributed by atoms with Crippen LogP contribution >= 0.6 is 0 Å². The van der Waals surface area contributed by atoms with Crippen molar-refractivity contribution in [2.45, 2.75) is 31.3 Å². The molecule has 0 unspecified atom stereocenters. The van der Waals surface area contributed by atoms with Crippen molar-refractivity contribution in [3.05, 3.63) is 30.3 Å². The van der Waals surface area contributed by atoms with Gasteiger partial charge >= 0.3 is 6.03 Å². The summed E-state index contributed by atoms with van der Waals surface area (Å²) in [5, 5.41) is 2.87. The summed E-state index contributed by atoms with van der Waals surface area (Å²) >= 11 is 0. The van der Waals surface area contributed by atoms with Crippen LogP contribution in [0.2, 0.25) is 0 Å². The van der Waals surface area contributed by atoms with Crippen LogP contribution in [0, 0.1) is 5.92 Å². The van der Waals surface area contributed by atoms with Crippen LogP contribution in [0.3, 0.4) is 0 Å². The van der Waals surface area contributed by atoms with Gasteiger partial charge in [0.15, 0.2) is 0 Å². The van der Waals surface area contributed by atoms with Gasteiger partial charge in [0, 0.05) is 12.5 Å². The molecule has 3 aliphatic rings. The van der Waals surface area contributed by atoms with Gasteiger partial charge in [0.25, 0.3) is 5.91 Å². The molecular weight excluding hydrogens is 282 g/mol. The summed E-state index contributed by atoms with van der Waals surface area (Å²) in [6, 6.07) is 7.61. The van der Waals surface area contributed by atoms with E-state index in [1.165, 1.54) is 0 Å². The van der Waals surface area contributed by atoms with E-state index in [0.29, 0.717) is 18.7 Å². The molecule has 2 atom stereocenters. The minimum Gasteiger partial charge on any atom is -0.332 e. The molecule has 4 amide bonds. The average Bonchev–Trinajstić information content (AvgIpc) is 3.28. The van der Waals surface area contributed by atoms with Crippen LogP contribution in [0.25, 0.3) is 0 Å². The van der Waals surface area contributed by atoms with Gasteiger partial charge < -0.3 is 10.2 Å². The SMILES string of the molecule is O=C1N[C@@H]2CCN(C(=O)C3CC3)[C@H]2C(=O)N1c1ccccc1. The number of amides is 4. The zero-order valence-electron chi connectivity index (χ0n) is 12.1. The Hall–Kier alpha value is -2.37. The second kappa shape index (κ2) is 4.83. The summed E-state index contributed by atoms with van der Waals surface area (Å²) in [7, 11) is 0. The molecule has 0 spiro atoms. The van der Waals surface area contributed by atoms with E-state index in [4.69, 9.17) is 0 Å². The fourth-order valence-electron chi connectivity index (χ4n) is 3.34. The standard InChI is InChI=1S/C16H17N3O3/c20-14(10-6-7-10)18-9-8-12-13(18)15(21)19(16(22)17-12)11-4-2-1-3-5-11/h1-5,10,12-13H,6-9H2,(H,17,22)/t12-,13-/m1/s1. The third kappa shape index (κ3) is 1.98. The number of rotatable bonds is 2. The Bertz CT molecular complexity index is 641. The first-order valence-electron chi connectivity index (χ1n) is 7.67. The predicted octanol–water partition coefficient (Wildman–Crippen LogP) is 1.12. The van der Waals surface area contributed by atoms with Crippen molar-refractivity contribution in [2.75, 3.05) is 11.4 Å². The number of carbonyl (C=O) groups is 3. The van der Waals surface area contributed by atoms with Gasteiger partial charge in [-0.25, -0.2) is 9.69 Å². The molecule has 6 heteroatoms. The van der Waals surface area contributed by atoms with Crippen molar-refractivity contribution in [3.63, 3.8) is 0 Å². The predicted molar refractivity (Wildman–Crippen MR) is 79.1 cm³/mol. The summed E-state index contributed by atoms with van der Waals surface area (Å²) < 4.78 is 0. The van der Waals surface area contributed by atoms with Gasteiger partial charge in [0.2, 0.25) is 5.91 Å². The molecule has 22 heavy (non-hydrogen) atoms. The lowest BCUT2D eigenvalue weighted by molar-refractivity contribution is -0.139. The number of urea groups is 1. The first-order valence-corrected chi connectivity index (χ1v) is 7.67. The molecule has 2 saturated heterocycles. The van der Waals surface area contributed by atoms with Crippen molar-refractivity contribution < 1.29 is 14.4 Å². The number of hydrogen-bond donors (Lipinski definition) is 1. The van der Waals surface area contributed by atoms with Gasteiger partial charge in [-0.05, 0) is 31.4 Å². The van der Waals surface area contributed by atoms with E-state index in [1.807, 2.05) is 6.07 Å². The van der Waals surface area contributed by atoms with E-state index in [-0.39, 0.29) is 23.8 Å². The monoisotopic (exact) mass is 299 g/mol. The summed E-state index contributed by atoms with van der Waals surface area (Å²) in [6.45, 7) is 0.541. The highest BCUT2D eigenvalue weighted by Gasteiger charge is 2.51. The van der Waals surface area contributed by atoms with Gasteiger partial charge in [-0.2, -0.15) is 0 Å². The van der Waals surface area contributed by atoms with Crippen LogP contribution in [0.1, 0.15) is 19.3 Å². The van der Waals surface area contributed by atoms with Crippen LogP contribution in [-0.2, 0) is 9.59 Å². The molecule has 114 valence electrons. The second-order valence-corrected chi connectivity index (χ2v) is 6.10. The summed E-state index contributed by atoms with van der Waals surface area (Å²) in [6.07, 6.45) is 2.47. The number of benzene rings is 1. The number of para-hydroxylation sites is 1. The highest BCUT2D eigenvalue weighted by Crippen LogP contribution is 2.35. The van der Waals surface area contributed by atoms with E-state index in [2.05, 4.69) is 5.32 Å². The molecule has 1 saturated carbocycles. The van der Waals surface area contributed by atoms with Crippen LogP contribution in [0.15, 0.2) is 30.3 Å². The van der Waals surface area contributed by atoms with Crippen molar-refractivity contribution in [1.82, 2.24) is 10.2 Å². The first kappa shape index (κ1) is 13.3. The molecule has 4 rings (SSSR count). The normalized spacial score (nSPS) is 27.6. The Morgan fingerprint density at radius 2 is 1.82 bits per heavy atom. The molecular formula is C16H17N3O3. The molecule has 3 fully saturated rings. The van der Waals surface area contributed by atoms with E-state index in [9.17, 15) is 14.4 Å². The maximum Gasteiger partial charge on any atom is 0.329 e. The molecule has 0 bridgehead atoms. The fourth-order valence-corrected chi connectivity index (χ4v) is 3.34. The molecule has 2 heterocycles. The topological polar surface area (TPSA) is 69.7 Å². The smallest absolute Gasteiger partial charge is 0.329 e. The molecule has 1 N–H and O–H groups in total. The van der Waals surface area contributed by atoms with Gasteiger partial charge in [0.1, 0.15) is 6.04 Å². The highest BCUT2D eigenvalue weighted by molar-refractivity contribution is 6.19. The van der Waals surface area contributed by atoms with Crippen molar-refractivity contribution >= 4 is 23.5 Å². The molecule has 6 nitrogen and oxygen atoms in total. The lowest BCUT2D eigenvalue weighted by atomic mass is 10.0. The quantitative estimate of drug-likeness (QED) is 0.889. The fraction of sp³-hybridized carbons (Fsp3) is 0.438.